The van der Waals surface area contributed by atoms with Crippen molar-refractivity contribution in [1.82, 2.24) is 19.6 Å². The van der Waals surface area contributed by atoms with Gasteiger partial charge in [0.05, 0.1) is 28.4 Å². The van der Waals surface area contributed by atoms with Gasteiger partial charge in [-0.1, -0.05) is 30.3 Å². The molecule has 0 spiro atoms. The van der Waals surface area contributed by atoms with Crippen molar-refractivity contribution in [2.75, 3.05) is 39.3 Å². The Hall–Kier alpha value is -4.05. The summed E-state index contributed by atoms with van der Waals surface area (Å²) < 4.78 is 1.38. The molecule has 186 valence electrons. The standard InChI is InChI=1S/C26H28N6O4/c33-25(20-6-7-20)30-16-14-29(15-17-30)13-12-27-18-23-24(19-4-2-1-3-5-19)28-31(26(23)34)21-8-10-22(11-9-21)32(35)36/h1-5,8-11,18,20,28H,6-7,12-17H2. The molecule has 1 aromatic heterocycles. The first-order valence-electron chi connectivity index (χ1n) is 12.2. The van der Waals surface area contributed by atoms with Gasteiger partial charge in [-0.15, -0.1) is 0 Å². The van der Waals surface area contributed by atoms with Crippen LogP contribution in [-0.2, 0) is 4.79 Å². The minimum absolute atomic E-state index is 0.0406. The van der Waals surface area contributed by atoms with Gasteiger partial charge in [0.15, 0.2) is 0 Å². The number of benzene rings is 2. The van der Waals surface area contributed by atoms with Gasteiger partial charge in [-0.25, -0.2) is 4.68 Å². The van der Waals surface area contributed by atoms with Gasteiger partial charge in [-0.2, -0.15) is 0 Å². The maximum atomic E-state index is 13.3. The fourth-order valence-electron chi connectivity index (χ4n) is 4.44. The largest absolute Gasteiger partial charge is 0.340 e. The van der Waals surface area contributed by atoms with Crippen LogP contribution in [0.15, 0.2) is 64.4 Å². The average molecular weight is 489 g/mol. The van der Waals surface area contributed by atoms with E-state index in [0.29, 0.717) is 29.4 Å². The molecule has 1 amide bonds. The number of carbonyl (C=O) groups is 1. The second-order valence-corrected chi connectivity index (χ2v) is 9.16. The molecule has 1 saturated carbocycles. The lowest BCUT2D eigenvalue weighted by molar-refractivity contribution is -0.384. The van der Waals surface area contributed by atoms with E-state index in [9.17, 15) is 19.7 Å². The smallest absolute Gasteiger partial charge is 0.280 e. The summed E-state index contributed by atoms with van der Waals surface area (Å²) in [6.07, 6.45) is 3.67. The number of nitrogens with one attached hydrogen (secondary N) is 1. The third-order valence-electron chi connectivity index (χ3n) is 6.68. The maximum absolute atomic E-state index is 13.3. The van der Waals surface area contributed by atoms with Crippen molar-refractivity contribution in [1.29, 1.82) is 0 Å². The summed E-state index contributed by atoms with van der Waals surface area (Å²) in [4.78, 5) is 44.9. The lowest BCUT2D eigenvalue weighted by Gasteiger charge is -2.34. The molecule has 1 aliphatic carbocycles. The zero-order chi connectivity index (χ0) is 25.1. The van der Waals surface area contributed by atoms with Crippen molar-refractivity contribution in [3.8, 4) is 16.9 Å². The zero-order valence-electron chi connectivity index (χ0n) is 19.9. The van der Waals surface area contributed by atoms with Crippen LogP contribution in [0.1, 0.15) is 18.4 Å². The molecule has 0 radical (unpaired) electrons. The van der Waals surface area contributed by atoms with Crippen LogP contribution < -0.4 is 5.56 Å². The fraction of sp³-hybridized carbons (Fsp3) is 0.346. The summed E-state index contributed by atoms with van der Waals surface area (Å²) in [5, 5.41) is 14.1. The molecule has 2 heterocycles. The highest BCUT2D eigenvalue weighted by molar-refractivity contribution is 5.88. The van der Waals surface area contributed by atoms with E-state index in [1.165, 1.54) is 16.8 Å². The van der Waals surface area contributed by atoms with Gasteiger partial charge >= 0.3 is 0 Å². The molecular formula is C26H28N6O4. The lowest BCUT2D eigenvalue weighted by atomic mass is 10.1. The monoisotopic (exact) mass is 488 g/mol. The number of nitrogens with zero attached hydrogens (tertiary/aromatic N) is 5. The molecule has 3 aromatic rings. The number of hydrogen-bond donors (Lipinski definition) is 1. The number of amides is 1. The normalized spacial score (nSPS) is 16.5. The number of aromatic amines is 1. The van der Waals surface area contributed by atoms with E-state index in [2.05, 4.69) is 15.0 Å². The molecule has 0 atom stereocenters. The maximum Gasteiger partial charge on any atom is 0.280 e. The summed E-state index contributed by atoms with van der Waals surface area (Å²) in [5.74, 6) is 0.564. The van der Waals surface area contributed by atoms with Gasteiger partial charge in [-0.3, -0.25) is 34.7 Å². The van der Waals surface area contributed by atoms with Gasteiger partial charge in [0.1, 0.15) is 0 Å². The first-order valence-corrected chi connectivity index (χ1v) is 12.2. The Kier molecular flexibility index (Phi) is 6.77. The van der Waals surface area contributed by atoms with Gasteiger partial charge in [0.2, 0.25) is 5.91 Å². The van der Waals surface area contributed by atoms with Crippen molar-refractivity contribution in [2.24, 2.45) is 10.9 Å². The molecule has 1 N–H and O–H groups in total. The topological polar surface area (TPSA) is 117 Å². The van der Waals surface area contributed by atoms with Crippen molar-refractivity contribution in [2.45, 2.75) is 12.8 Å². The van der Waals surface area contributed by atoms with Crippen molar-refractivity contribution >= 4 is 17.8 Å². The summed E-state index contributed by atoms with van der Waals surface area (Å²) in [6, 6.07) is 15.3. The zero-order valence-corrected chi connectivity index (χ0v) is 19.9. The molecule has 2 aromatic carbocycles. The summed E-state index contributed by atoms with van der Waals surface area (Å²) in [5.41, 5.74) is 2.09. The molecule has 10 heteroatoms. The molecule has 5 rings (SSSR count). The summed E-state index contributed by atoms with van der Waals surface area (Å²) >= 11 is 0. The molecule has 0 unspecified atom stereocenters. The number of hydrogen-bond acceptors (Lipinski definition) is 6. The number of nitro groups is 1. The van der Waals surface area contributed by atoms with Crippen LogP contribution in [0.25, 0.3) is 16.9 Å². The van der Waals surface area contributed by atoms with Crippen LogP contribution in [0, 0.1) is 16.0 Å². The van der Waals surface area contributed by atoms with E-state index >= 15 is 0 Å². The second kappa shape index (κ2) is 10.3. The van der Waals surface area contributed by atoms with Crippen molar-refractivity contribution in [3.63, 3.8) is 0 Å². The van der Waals surface area contributed by atoms with Gasteiger partial charge in [0, 0.05) is 62.6 Å². The molecule has 2 aliphatic rings. The Bertz CT molecular complexity index is 1320. The van der Waals surface area contributed by atoms with E-state index in [0.717, 1.165) is 51.1 Å². The molecule has 36 heavy (non-hydrogen) atoms. The summed E-state index contributed by atoms with van der Waals surface area (Å²) in [7, 11) is 0. The number of piperazine rings is 1. The first-order chi connectivity index (χ1) is 17.5. The number of aliphatic imine (C=N–C) groups is 1. The predicted octanol–water partition coefficient (Wildman–Crippen LogP) is 2.71. The van der Waals surface area contributed by atoms with Crippen LogP contribution in [0.5, 0.6) is 0 Å². The highest BCUT2D eigenvalue weighted by Crippen LogP contribution is 2.31. The highest BCUT2D eigenvalue weighted by atomic mass is 16.6. The van der Waals surface area contributed by atoms with Crippen LogP contribution in [0.2, 0.25) is 0 Å². The summed E-state index contributed by atoms with van der Waals surface area (Å²) in [6.45, 7) is 4.47. The highest BCUT2D eigenvalue weighted by Gasteiger charge is 2.34. The van der Waals surface area contributed by atoms with Gasteiger partial charge in [0.25, 0.3) is 11.2 Å². The number of rotatable bonds is 8. The Balaban J connectivity index is 1.29. The molecule has 10 nitrogen and oxygen atoms in total. The number of aromatic nitrogens is 2. The van der Waals surface area contributed by atoms with E-state index < -0.39 is 4.92 Å². The third-order valence-corrected chi connectivity index (χ3v) is 6.68. The third kappa shape index (κ3) is 5.13. The van der Waals surface area contributed by atoms with Crippen LogP contribution >= 0.6 is 0 Å². The molecule has 1 aliphatic heterocycles. The number of non-ortho nitro benzene ring substituents is 1. The number of carbonyl (C=O) groups excluding carboxylic acids is 1. The Morgan fingerprint density at radius 1 is 1.06 bits per heavy atom. The Morgan fingerprint density at radius 3 is 2.39 bits per heavy atom. The van der Waals surface area contributed by atoms with E-state index in [1.54, 1.807) is 18.3 Å². The van der Waals surface area contributed by atoms with E-state index in [-0.39, 0.29) is 17.2 Å². The quantitative estimate of drug-likeness (QED) is 0.297. The second-order valence-electron chi connectivity index (χ2n) is 9.16. The SMILES string of the molecule is O=C(C1CC1)N1CCN(CCN=Cc2c(-c3ccccc3)[nH]n(-c3ccc([N+](=O)[O-])cc3)c2=O)CC1. The van der Waals surface area contributed by atoms with Gasteiger partial charge in [-0.05, 0) is 25.0 Å². The fourth-order valence-corrected chi connectivity index (χ4v) is 4.44. The molecule has 2 fully saturated rings. The first kappa shape index (κ1) is 23.7. The number of H-pyrrole nitrogens is 1. The van der Waals surface area contributed by atoms with Crippen LogP contribution in [0.4, 0.5) is 5.69 Å². The Labute approximate surface area is 208 Å². The predicted molar refractivity (Wildman–Crippen MR) is 137 cm³/mol. The minimum atomic E-state index is -0.473. The minimum Gasteiger partial charge on any atom is -0.340 e. The molecule has 0 bridgehead atoms. The van der Waals surface area contributed by atoms with Crippen LogP contribution in [0.3, 0.4) is 0 Å². The lowest BCUT2D eigenvalue weighted by Crippen LogP contribution is -2.49. The van der Waals surface area contributed by atoms with Crippen molar-refractivity contribution < 1.29 is 9.72 Å². The van der Waals surface area contributed by atoms with Gasteiger partial charge < -0.3 is 4.90 Å². The molecular weight excluding hydrogens is 460 g/mol. The Morgan fingerprint density at radius 2 is 1.75 bits per heavy atom. The van der Waals surface area contributed by atoms with Crippen LogP contribution in [-0.4, -0.2) is 75.9 Å². The average Bonchev–Trinajstić information content (AvgIpc) is 3.71. The van der Waals surface area contributed by atoms with Crippen molar-refractivity contribution in [3.05, 3.63) is 80.6 Å². The van der Waals surface area contributed by atoms with E-state index in [4.69, 9.17) is 0 Å². The van der Waals surface area contributed by atoms with E-state index in [1.807, 2.05) is 35.2 Å². The molecule has 1 saturated heterocycles. The number of nitro benzene ring substituents is 1.